The molecule has 5 fully saturated rings. The predicted molar refractivity (Wildman–Crippen MR) is 161 cm³/mol. The van der Waals surface area contributed by atoms with Gasteiger partial charge in [0.1, 0.15) is 12.2 Å². The summed E-state index contributed by atoms with van der Waals surface area (Å²) in [7, 11) is 0. The van der Waals surface area contributed by atoms with Gasteiger partial charge in [0.25, 0.3) is 0 Å². The van der Waals surface area contributed by atoms with Gasteiger partial charge >= 0.3 is 0 Å². The summed E-state index contributed by atoms with van der Waals surface area (Å²) < 4.78 is 0. The first-order valence-electron chi connectivity index (χ1n) is 17.0. The normalized spacial score (nSPS) is 50.0. The van der Waals surface area contributed by atoms with E-state index in [9.17, 15) is 20.4 Å². The first-order valence-corrected chi connectivity index (χ1v) is 17.0. The average molecular weight is 562 g/mol. The Labute approximate surface area is 245 Å². The van der Waals surface area contributed by atoms with E-state index < -0.39 is 24.4 Å². The van der Waals surface area contributed by atoms with Gasteiger partial charge in [-0.1, -0.05) is 54.9 Å². The van der Waals surface area contributed by atoms with Crippen molar-refractivity contribution in [2.24, 2.45) is 68.3 Å². The third-order valence-electron chi connectivity index (χ3n) is 15.5. The second-order valence-electron chi connectivity index (χ2n) is 17.4. The molecule has 0 saturated heterocycles. The highest BCUT2D eigenvalue weighted by molar-refractivity contribution is 5.19. The van der Waals surface area contributed by atoms with E-state index in [4.69, 9.17) is 5.73 Å². The van der Waals surface area contributed by atoms with Crippen LogP contribution < -0.4 is 5.73 Å². The number of aliphatic hydroxyl groups is 4. The second-order valence-corrected chi connectivity index (χ2v) is 17.4. The predicted octanol–water partition coefficient (Wildman–Crippen LogP) is 5.91. The van der Waals surface area contributed by atoms with Crippen LogP contribution in [0.25, 0.3) is 0 Å². The maximum absolute atomic E-state index is 10.8. The Bertz CT molecular complexity index is 925. The summed E-state index contributed by atoms with van der Waals surface area (Å²) >= 11 is 0. The van der Waals surface area contributed by atoms with E-state index in [1.165, 1.54) is 70.6 Å². The summed E-state index contributed by atoms with van der Waals surface area (Å²) in [5, 5.41) is 41.4. The number of hydrogen-bond acceptors (Lipinski definition) is 5. The third kappa shape index (κ3) is 4.41. The molecule has 5 aliphatic carbocycles. The standard InChI is InChI=1S/C35H63NO4/c1-21(19-24(37)29(39)30(40)25(38)20-36)22-11-16-32(4)23(22)12-17-34(6)27(32)9-10-28-33(5)15-8-14-31(2,3)26(33)13-18-35(28,34)7/h21-30,37-40H,8-20,36H2,1-7H3/t21-,22-,23+,24-,25+,26+,27-,28-,29-,30+,32+,33+,34-,35-/m1/s1. The van der Waals surface area contributed by atoms with Gasteiger partial charge in [-0.25, -0.2) is 0 Å². The van der Waals surface area contributed by atoms with Gasteiger partial charge in [0.15, 0.2) is 0 Å². The van der Waals surface area contributed by atoms with Crippen molar-refractivity contribution in [3.63, 3.8) is 0 Å². The second kappa shape index (κ2) is 10.5. The zero-order valence-electron chi connectivity index (χ0n) is 26.8. The summed E-state index contributed by atoms with van der Waals surface area (Å²) in [6.45, 7) is 18.0. The van der Waals surface area contributed by atoms with Crippen molar-refractivity contribution in [1.29, 1.82) is 0 Å². The zero-order chi connectivity index (χ0) is 29.5. The largest absolute Gasteiger partial charge is 0.390 e. The molecular weight excluding hydrogens is 498 g/mol. The maximum atomic E-state index is 10.8. The summed E-state index contributed by atoms with van der Waals surface area (Å²) in [5.74, 6) is 3.90. The molecule has 5 nitrogen and oxygen atoms in total. The molecule has 0 amide bonds. The van der Waals surface area contributed by atoms with Crippen LogP contribution in [0.15, 0.2) is 0 Å². The molecule has 0 aromatic heterocycles. The van der Waals surface area contributed by atoms with Crippen LogP contribution in [0.1, 0.15) is 126 Å². The average Bonchev–Trinajstić information content (AvgIpc) is 3.24. The minimum absolute atomic E-state index is 0.138. The highest BCUT2D eigenvalue weighted by Crippen LogP contribution is 2.78. The van der Waals surface area contributed by atoms with Crippen LogP contribution in [0.3, 0.4) is 0 Å². The number of rotatable bonds is 7. The minimum Gasteiger partial charge on any atom is -0.390 e. The Morgan fingerprint density at radius 2 is 1.23 bits per heavy atom. The zero-order valence-corrected chi connectivity index (χ0v) is 26.8. The fraction of sp³-hybridized carbons (Fsp3) is 1.00. The maximum Gasteiger partial charge on any atom is 0.109 e. The van der Waals surface area contributed by atoms with Gasteiger partial charge in [-0.3, -0.25) is 0 Å². The Morgan fingerprint density at radius 3 is 1.85 bits per heavy atom. The minimum atomic E-state index is -1.42. The van der Waals surface area contributed by atoms with E-state index in [1.54, 1.807) is 0 Å². The molecule has 232 valence electrons. The number of fused-ring (bicyclic) bond motifs is 7. The van der Waals surface area contributed by atoms with Crippen molar-refractivity contribution in [2.75, 3.05) is 6.54 Å². The molecule has 5 saturated carbocycles. The summed E-state index contributed by atoms with van der Waals surface area (Å²) in [5.41, 5.74) is 7.54. The first kappa shape index (κ1) is 31.2. The van der Waals surface area contributed by atoms with E-state index in [-0.39, 0.29) is 12.5 Å². The number of nitrogens with two attached hydrogens (primary N) is 1. The summed E-state index contributed by atoms with van der Waals surface area (Å²) in [6.07, 6.45) is 10.2. The van der Waals surface area contributed by atoms with E-state index in [2.05, 4.69) is 48.5 Å². The smallest absolute Gasteiger partial charge is 0.109 e. The lowest BCUT2D eigenvalue weighted by Gasteiger charge is -2.73. The lowest BCUT2D eigenvalue weighted by Crippen LogP contribution is -2.65. The quantitative estimate of drug-likeness (QED) is 0.266. The van der Waals surface area contributed by atoms with E-state index in [1.807, 2.05) is 0 Å². The number of hydrogen-bond donors (Lipinski definition) is 5. The van der Waals surface area contributed by atoms with Crippen molar-refractivity contribution >= 4 is 0 Å². The molecular formula is C35H63NO4. The molecule has 0 aromatic carbocycles. The fourth-order valence-electron chi connectivity index (χ4n) is 13.3. The van der Waals surface area contributed by atoms with Gasteiger partial charge in [0.2, 0.25) is 0 Å². The topological polar surface area (TPSA) is 107 Å². The molecule has 5 heteroatoms. The molecule has 0 aliphatic heterocycles. The first-order chi connectivity index (χ1) is 18.6. The van der Waals surface area contributed by atoms with Crippen LogP contribution in [-0.2, 0) is 0 Å². The van der Waals surface area contributed by atoms with Crippen LogP contribution in [0.2, 0.25) is 0 Å². The van der Waals surface area contributed by atoms with Gasteiger partial charge in [-0.05, 0) is 133 Å². The Morgan fingerprint density at radius 1 is 0.650 bits per heavy atom. The molecule has 5 aliphatic rings. The van der Waals surface area contributed by atoms with Gasteiger partial charge in [-0.2, -0.15) is 0 Å². The SMILES string of the molecule is C[C@H](C[C@@H](O)[C@@H](O)[C@@H](O)[C@@H](O)CN)[C@H]1CC[C@]2(C)[C@H]3CC[C@@H]4[C@@]5(C)CCCC(C)(C)[C@@H]5CC[C@@]4(C)[C@]3(C)CC[C@@H]12. The molecule has 14 atom stereocenters. The molecule has 0 heterocycles. The van der Waals surface area contributed by atoms with Gasteiger partial charge < -0.3 is 26.2 Å². The van der Waals surface area contributed by atoms with Gasteiger partial charge in [0, 0.05) is 6.54 Å². The van der Waals surface area contributed by atoms with Gasteiger partial charge in [0.05, 0.1) is 12.2 Å². The lowest BCUT2D eigenvalue weighted by molar-refractivity contribution is -0.241. The Hall–Kier alpha value is -0.200. The molecule has 0 bridgehead atoms. The van der Waals surface area contributed by atoms with Crippen molar-refractivity contribution < 1.29 is 20.4 Å². The molecule has 0 unspecified atom stereocenters. The van der Waals surface area contributed by atoms with E-state index in [0.717, 1.165) is 17.8 Å². The molecule has 0 spiro atoms. The van der Waals surface area contributed by atoms with Crippen molar-refractivity contribution in [1.82, 2.24) is 0 Å². The van der Waals surface area contributed by atoms with Crippen molar-refractivity contribution in [3.05, 3.63) is 0 Å². The molecule has 0 aromatic rings. The monoisotopic (exact) mass is 561 g/mol. The van der Waals surface area contributed by atoms with Crippen LogP contribution in [0.4, 0.5) is 0 Å². The van der Waals surface area contributed by atoms with Crippen molar-refractivity contribution in [2.45, 2.75) is 150 Å². The summed E-state index contributed by atoms with van der Waals surface area (Å²) in [6, 6.07) is 0. The summed E-state index contributed by atoms with van der Waals surface area (Å²) in [4.78, 5) is 0. The number of aliphatic hydroxyl groups excluding tert-OH is 4. The highest BCUT2D eigenvalue weighted by atomic mass is 16.4. The van der Waals surface area contributed by atoms with Crippen LogP contribution in [-0.4, -0.2) is 51.4 Å². The van der Waals surface area contributed by atoms with E-state index >= 15 is 0 Å². The third-order valence-corrected chi connectivity index (χ3v) is 15.5. The molecule has 0 radical (unpaired) electrons. The van der Waals surface area contributed by atoms with E-state index in [0.29, 0.717) is 45.3 Å². The molecule has 6 N–H and O–H groups in total. The fourth-order valence-corrected chi connectivity index (χ4v) is 13.3. The van der Waals surface area contributed by atoms with Crippen LogP contribution >= 0.6 is 0 Å². The van der Waals surface area contributed by atoms with Crippen molar-refractivity contribution in [3.8, 4) is 0 Å². The highest BCUT2D eigenvalue weighted by Gasteiger charge is 2.70. The van der Waals surface area contributed by atoms with Crippen LogP contribution in [0, 0.1) is 62.6 Å². The molecule has 5 rings (SSSR count). The van der Waals surface area contributed by atoms with Gasteiger partial charge in [-0.15, -0.1) is 0 Å². The van der Waals surface area contributed by atoms with Crippen LogP contribution in [0.5, 0.6) is 0 Å². The molecule has 40 heavy (non-hydrogen) atoms. The Kier molecular flexibility index (Phi) is 8.17. The lowest BCUT2D eigenvalue weighted by atomic mass is 9.32. The Balaban J connectivity index is 1.34.